The first-order valence-corrected chi connectivity index (χ1v) is 3.76. The first-order valence-electron chi connectivity index (χ1n) is 3.76. The van der Waals surface area contributed by atoms with Gasteiger partial charge in [-0.1, -0.05) is 25.5 Å². The molecule has 1 rings (SSSR count). The molecule has 0 N–H and O–H groups in total. The van der Waals surface area contributed by atoms with Gasteiger partial charge in [-0.25, -0.2) is 0 Å². The van der Waals surface area contributed by atoms with Gasteiger partial charge < -0.3 is 4.79 Å². The Hall–Kier alpha value is -0.590. The van der Waals surface area contributed by atoms with Gasteiger partial charge in [0.2, 0.25) is 0 Å². The van der Waals surface area contributed by atoms with Gasteiger partial charge in [-0.05, 0) is 18.3 Å². The van der Waals surface area contributed by atoms with Crippen molar-refractivity contribution in [3.05, 3.63) is 11.6 Å². The molecule has 0 radical (unpaired) electrons. The molecule has 0 bridgehead atoms. The van der Waals surface area contributed by atoms with Crippen LogP contribution in [0.2, 0.25) is 0 Å². The monoisotopic (exact) mass is 138 g/mol. The Bertz CT molecular complexity index is 166. The van der Waals surface area contributed by atoms with E-state index in [0.29, 0.717) is 11.8 Å². The van der Waals surface area contributed by atoms with Crippen molar-refractivity contribution in [3.63, 3.8) is 0 Å². The van der Waals surface area contributed by atoms with E-state index in [2.05, 4.69) is 19.9 Å². The third kappa shape index (κ3) is 1.69. The molecule has 1 aliphatic carbocycles. The van der Waals surface area contributed by atoms with Crippen molar-refractivity contribution >= 4 is 6.29 Å². The lowest BCUT2D eigenvalue weighted by Crippen LogP contribution is -2.04. The van der Waals surface area contributed by atoms with E-state index >= 15 is 0 Å². The second-order valence-corrected chi connectivity index (χ2v) is 3.78. The molecule has 56 valence electrons. The van der Waals surface area contributed by atoms with Gasteiger partial charge in [0.25, 0.3) is 0 Å². The third-order valence-corrected chi connectivity index (χ3v) is 1.99. The van der Waals surface area contributed by atoms with E-state index in [1.54, 1.807) is 0 Å². The van der Waals surface area contributed by atoms with Crippen LogP contribution in [-0.4, -0.2) is 6.29 Å². The maximum atomic E-state index is 10.1. The molecule has 1 heteroatoms. The predicted molar refractivity (Wildman–Crippen MR) is 41.8 cm³/mol. The first-order chi connectivity index (χ1) is 4.64. The summed E-state index contributed by atoms with van der Waals surface area (Å²) in [4.78, 5) is 10.1. The minimum Gasteiger partial charge on any atom is -0.303 e. The molecule has 0 fully saturated rings. The van der Waals surface area contributed by atoms with Crippen molar-refractivity contribution in [1.82, 2.24) is 0 Å². The zero-order chi connectivity index (χ0) is 7.61. The summed E-state index contributed by atoms with van der Waals surface area (Å²) < 4.78 is 0. The quantitative estimate of drug-likeness (QED) is 0.423. The maximum Gasteiger partial charge on any atom is 0.124 e. The van der Waals surface area contributed by atoms with Crippen molar-refractivity contribution in [2.75, 3.05) is 0 Å². The zero-order valence-electron chi connectivity index (χ0n) is 6.68. The zero-order valence-corrected chi connectivity index (χ0v) is 6.68. The second-order valence-electron chi connectivity index (χ2n) is 3.78. The number of carbonyl (C=O) groups excluding carboxylic acids is 1. The van der Waals surface area contributed by atoms with Gasteiger partial charge >= 0.3 is 0 Å². The van der Waals surface area contributed by atoms with Gasteiger partial charge in [-0.2, -0.15) is 0 Å². The van der Waals surface area contributed by atoms with E-state index < -0.39 is 0 Å². The number of rotatable bonds is 2. The normalized spacial score (nSPS) is 22.4. The first kappa shape index (κ1) is 7.52. The van der Waals surface area contributed by atoms with E-state index in [1.165, 1.54) is 5.57 Å². The van der Waals surface area contributed by atoms with Crippen molar-refractivity contribution in [3.8, 4) is 0 Å². The molecule has 0 unspecified atom stereocenters. The highest BCUT2D eigenvalue weighted by Gasteiger charge is 2.23. The van der Waals surface area contributed by atoms with Gasteiger partial charge in [-0.15, -0.1) is 0 Å². The smallest absolute Gasteiger partial charge is 0.124 e. The van der Waals surface area contributed by atoms with E-state index in [9.17, 15) is 4.79 Å². The minimum atomic E-state index is 0.415. The fraction of sp³-hybridized carbons (Fsp3) is 0.667. The molecule has 0 spiro atoms. The van der Waals surface area contributed by atoms with Crippen LogP contribution in [0.1, 0.15) is 33.1 Å². The Morgan fingerprint density at radius 3 is 2.80 bits per heavy atom. The van der Waals surface area contributed by atoms with E-state index in [4.69, 9.17) is 0 Å². The topological polar surface area (TPSA) is 17.1 Å². The Kier molecular flexibility index (Phi) is 1.93. The largest absolute Gasteiger partial charge is 0.303 e. The lowest BCUT2D eigenvalue weighted by molar-refractivity contribution is -0.107. The average molecular weight is 138 g/mol. The fourth-order valence-corrected chi connectivity index (χ4v) is 1.44. The molecule has 1 nitrogen and oxygen atoms in total. The van der Waals surface area contributed by atoms with Gasteiger partial charge in [-0.3, -0.25) is 0 Å². The lowest BCUT2D eigenvalue weighted by Gasteiger charge is -2.15. The average Bonchev–Trinajstić information content (AvgIpc) is 2.12. The van der Waals surface area contributed by atoms with E-state index in [1.807, 2.05) is 0 Å². The summed E-state index contributed by atoms with van der Waals surface area (Å²) in [6.45, 7) is 4.47. The molecular weight excluding hydrogens is 124 g/mol. The summed E-state index contributed by atoms with van der Waals surface area (Å²) >= 11 is 0. The molecule has 0 aliphatic heterocycles. The van der Waals surface area contributed by atoms with Crippen LogP contribution in [-0.2, 0) is 4.79 Å². The molecule has 10 heavy (non-hydrogen) atoms. The molecule has 0 atom stereocenters. The van der Waals surface area contributed by atoms with Gasteiger partial charge in [0.15, 0.2) is 0 Å². The molecule has 0 saturated heterocycles. The number of hydrogen-bond donors (Lipinski definition) is 0. The molecule has 0 amide bonds. The number of carbonyl (C=O) groups is 1. The number of allylic oxidation sites excluding steroid dienone is 2. The maximum absolute atomic E-state index is 10.1. The highest BCUT2D eigenvalue weighted by Crippen LogP contribution is 2.36. The Morgan fingerprint density at radius 2 is 2.40 bits per heavy atom. The van der Waals surface area contributed by atoms with Crippen molar-refractivity contribution in [2.45, 2.75) is 33.1 Å². The molecular formula is C9H14O. The number of aldehydes is 1. The Balaban J connectivity index is 2.46. The van der Waals surface area contributed by atoms with E-state index in [0.717, 1.165) is 19.1 Å². The number of hydrogen-bond acceptors (Lipinski definition) is 1. The van der Waals surface area contributed by atoms with Crippen LogP contribution in [0.3, 0.4) is 0 Å². The van der Waals surface area contributed by atoms with Crippen LogP contribution < -0.4 is 0 Å². The van der Waals surface area contributed by atoms with Crippen LogP contribution in [0, 0.1) is 5.41 Å². The van der Waals surface area contributed by atoms with Gasteiger partial charge in [0.1, 0.15) is 6.29 Å². The molecule has 0 aromatic rings. The van der Waals surface area contributed by atoms with E-state index in [-0.39, 0.29) is 0 Å². The van der Waals surface area contributed by atoms with Crippen LogP contribution >= 0.6 is 0 Å². The molecule has 0 aromatic heterocycles. The summed E-state index contributed by atoms with van der Waals surface area (Å²) in [5, 5.41) is 0. The van der Waals surface area contributed by atoms with Crippen molar-refractivity contribution in [2.24, 2.45) is 5.41 Å². The Labute approximate surface area is 62.1 Å². The third-order valence-electron chi connectivity index (χ3n) is 1.99. The van der Waals surface area contributed by atoms with Gasteiger partial charge in [0, 0.05) is 6.42 Å². The molecule has 0 saturated carbocycles. The summed E-state index contributed by atoms with van der Waals surface area (Å²) in [6.07, 6.45) is 6.08. The highest BCUT2D eigenvalue weighted by atomic mass is 16.1. The van der Waals surface area contributed by atoms with Crippen LogP contribution in [0.15, 0.2) is 11.6 Å². The summed E-state index contributed by atoms with van der Waals surface area (Å²) in [5.74, 6) is 0. The van der Waals surface area contributed by atoms with Crippen molar-refractivity contribution < 1.29 is 4.79 Å². The standard InChI is InChI=1S/C9H14O/c1-9(2)5-3-8(7-9)4-6-10/h3,6H,4-5,7H2,1-2H3. The SMILES string of the molecule is CC1(C)CC=C(CC=O)C1. The van der Waals surface area contributed by atoms with Crippen molar-refractivity contribution in [1.29, 1.82) is 0 Å². The summed E-state index contributed by atoms with van der Waals surface area (Å²) in [5.41, 5.74) is 1.73. The Morgan fingerprint density at radius 1 is 1.70 bits per heavy atom. The second kappa shape index (κ2) is 2.57. The molecule has 0 heterocycles. The van der Waals surface area contributed by atoms with Crippen LogP contribution in [0.25, 0.3) is 0 Å². The fourth-order valence-electron chi connectivity index (χ4n) is 1.44. The van der Waals surface area contributed by atoms with Crippen LogP contribution in [0.5, 0.6) is 0 Å². The minimum absolute atomic E-state index is 0.415. The highest BCUT2D eigenvalue weighted by molar-refractivity contribution is 5.54. The summed E-state index contributed by atoms with van der Waals surface area (Å²) in [6, 6.07) is 0. The predicted octanol–water partition coefficient (Wildman–Crippen LogP) is 2.32. The summed E-state index contributed by atoms with van der Waals surface area (Å²) in [7, 11) is 0. The lowest BCUT2D eigenvalue weighted by atomic mass is 9.89. The molecule has 0 aromatic carbocycles. The van der Waals surface area contributed by atoms with Gasteiger partial charge in [0.05, 0.1) is 0 Å². The van der Waals surface area contributed by atoms with Crippen LogP contribution in [0.4, 0.5) is 0 Å². The molecule has 1 aliphatic rings.